The van der Waals surface area contributed by atoms with Gasteiger partial charge in [0.15, 0.2) is 0 Å². The van der Waals surface area contributed by atoms with E-state index in [-0.39, 0.29) is 17.9 Å². The summed E-state index contributed by atoms with van der Waals surface area (Å²) in [5.74, 6) is -0.0506. The first-order valence-electron chi connectivity index (χ1n) is 8.58. The molecule has 6 nitrogen and oxygen atoms in total. The highest BCUT2D eigenvalue weighted by Crippen LogP contribution is 2.41. The molecule has 2 saturated heterocycles. The molecule has 0 spiro atoms. The fourth-order valence-corrected chi connectivity index (χ4v) is 3.83. The summed E-state index contributed by atoms with van der Waals surface area (Å²) in [6.07, 6.45) is 0. The van der Waals surface area contributed by atoms with Crippen molar-refractivity contribution in [2.24, 2.45) is 5.92 Å². The molecule has 26 heavy (non-hydrogen) atoms. The van der Waals surface area contributed by atoms with Gasteiger partial charge in [0.2, 0.25) is 5.91 Å². The second-order valence-corrected chi connectivity index (χ2v) is 6.81. The lowest BCUT2D eigenvalue weighted by Crippen LogP contribution is -2.43. The Kier molecular flexibility index (Phi) is 4.01. The molecule has 2 aliphatic heterocycles. The van der Waals surface area contributed by atoms with E-state index in [1.165, 1.54) is 4.90 Å². The van der Waals surface area contributed by atoms with Gasteiger partial charge >= 0.3 is 0 Å². The summed E-state index contributed by atoms with van der Waals surface area (Å²) in [5.41, 5.74) is 5.94. The van der Waals surface area contributed by atoms with Gasteiger partial charge in [-0.1, -0.05) is 29.8 Å². The van der Waals surface area contributed by atoms with Gasteiger partial charge in [0.1, 0.15) is 11.8 Å². The number of methoxy groups -OCH3 is 1. The van der Waals surface area contributed by atoms with E-state index in [4.69, 9.17) is 4.74 Å². The molecule has 0 unspecified atom stereocenters. The van der Waals surface area contributed by atoms with Gasteiger partial charge in [-0.3, -0.25) is 9.59 Å². The highest BCUT2D eigenvalue weighted by molar-refractivity contribution is 6.24. The van der Waals surface area contributed by atoms with Crippen molar-refractivity contribution in [3.8, 4) is 5.75 Å². The maximum atomic E-state index is 13.1. The zero-order valence-electron chi connectivity index (χ0n) is 15.0. The van der Waals surface area contributed by atoms with Crippen molar-refractivity contribution in [1.82, 2.24) is 10.4 Å². The molecule has 2 amide bonds. The number of fused-ring (bicyclic) bond motifs is 1. The van der Waals surface area contributed by atoms with Gasteiger partial charge in [-0.05, 0) is 36.8 Å². The van der Waals surface area contributed by atoms with Crippen molar-refractivity contribution >= 4 is 17.5 Å². The predicted molar refractivity (Wildman–Crippen MR) is 97.6 cm³/mol. The molecule has 0 bridgehead atoms. The molecular weight excluding hydrogens is 330 g/mol. The number of hydrogen-bond donors (Lipinski definition) is 1. The standard InChI is InChI=1S/C20H21N3O3/c1-12-4-8-14(9-5-12)23-19(24)16-17(21-22(2)18(16)20(23)25)13-6-10-15(26-3)11-7-13/h4-11,16-18,21H,1-3H3/t16-,17+,18-/m1/s1. The van der Waals surface area contributed by atoms with Crippen LogP contribution in [0.25, 0.3) is 0 Å². The molecule has 2 aromatic rings. The Bertz CT molecular complexity index is 848. The number of likely N-dealkylation sites (N-methyl/N-ethyl adjacent to an activating group) is 1. The summed E-state index contributed by atoms with van der Waals surface area (Å²) in [6, 6.07) is 14.3. The van der Waals surface area contributed by atoms with Crippen LogP contribution in [0.15, 0.2) is 48.5 Å². The third-order valence-corrected chi connectivity index (χ3v) is 5.21. The Hall–Kier alpha value is -2.70. The molecule has 3 atom stereocenters. The van der Waals surface area contributed by atoms with Crippen molar-refractivity contribution in [1.29, 1.82) is 0 Å². The molecule has 4 rings (SSSR count). The van der Waals surface area contributed by atoms with Crippen molar-refractivity contribution in [2.75, 3.05) is 19.1 Å². The zero-order valence-corrected chi connectivity index (χ0v) is 15.0. The third kappa shape index (κ3) is 2.50. The quantitative estimate of drug-likeness (QED) is 0.858. The number of amides is 2. The number of rotatable bonds is 3. The normalized spacial score (nSPS) is 25.7. The molecule has 0 aliphatic carbocycles. The zero-order chi connectivity index (χ0) is 18.4. The second-order valence-electron chi connectivity index (χ2n) is 6.81. The number of nitrogens with zero attached hydrogens (tertiary/aromatic N) is 2. The largest absolute Gasteiger partial charge is 0.497 e. The maximum Gasteiger partial charge on any atom is 0.253 e. The van der Waals surface area contributed by atoms with Crippen LogP contribution in [0.2, 0.25) is 0 Å². The number of benzene rings is 2. The van der Waals surface area contributed by atoms with Crippen LogP contribution in [0.4, 0.5) is 5.69 Å². The summed E-state index contributed by atoms with van der Waals surface area (Å²) < 4.78 is 5.20. The van der Waals surface area contributed by atoms with Crippen LogP contribution in [0.3, 0.4) is 0 Å². The Morgan fingerprint density at radius 1 is 0.962 bits per heavy atom. The predicted octanol–water partition coefficient (Wildman–Crippen LogP) is 2.05. The molecule has 2 aromatic carbocycles. The van der Waals surface area contributed by atoms with Gasteiger partial charge < -0.3 is 4.74 Å². The number of ether oxygens (including phenoxy) is 1. The van der Waals surface area contributed by atoms with E-state index in [2.05, 4.69) is 5.43 Å². The average Bonchev–Trinajstić information content (AvgIpc) is 3.12. The van der Waals surface area contributed by atoms with Gasteiger partial charge in [0.05, 0.1) is 24.8 Å². The molecular formula is C20H21N3O3. The Morgan fingerprint density at radius 2 is 1.62 bits per heavy atom. The maximum absolute atomic E-state index is 13.1. The first kappa shape index (κ1) is 16.8. The lowest BCUT2D eigenvalue weighted by Gasteiger charge is -2.22. The summed E-state index contributed by atoms with van der Waals surface area (Å²) in [4.78, 5) is 27.4. The molecule has 6 heteroatoms. The van der Waals surface area contributed by atoms with Crippen molar-refractivity contribution in [3.05, 3.63) is 59.7 Å². The second kappa shape index (κ2) is 6.23. The van der Waals surface area contributed by atoms with E-state index in [1.54, 1.807) is 12.1 Å². The summed E-state index contributed by atoms with van der Waals surface area (Å²) in [6.45, 7) is 1.98. The van der Waals surface area contributed by atoms with Gasteiger partial charge in [-0.2, -0.15) is 0 Å². The molecule has 0 aromatic heterocycles. The topological polar surface area (TPSA) is 61.9 Å². The number of carbonyl (C=O) groups excluding carboxylic acids is 2. The number of imide groups is 1. The number of nitrogens with one attached hydrogen (secondary N) is 1. The van der Waals surface area contributed by atoms with Crippen LogP contribution in [0.1, 0.15) is 17.2 Å². The van der Waals surface area contributed by atoms with Crippen LogP contribution >= 0.6 is 0 Å². The lowest BCUT2D eigenvalue weighted by atomic mass is 9.91. The van der Waals surface area contributed by atoms with Crippen LogP contribution in [-0.2, 0) is 9.59 Å². The highest BCUT2D eigenvalue weighted by Gasteiger charge is 2.57. The van der Waals surface area contributed by atoms with Gasteiger partial charge in [0.25, 0.3) is 5.91 Å². The van der Waals surface area contributed by atoms with E-state index >= 15 is 0 Å². The van der Waals surface area contributed by atoms with Gasteiger partial charge in [-0.15, -0.1) is 0 Å². The Labute approximate surface area is 152 Å². The highest BCUT2D eigenvalue weighted by atomic mass is 16.5. The first-order valence-corrected chi connectivity index (χ1v) is 8.58. The van der Waals surface area contributed by atoms with E-state index < -0.39 is 12.0 Å². The SMILES string of the molecule is COc1ccc([C@@H]2NN(C)[C@H]3C(=O)N(c4ccc(C)cc4)C(=O)[C@H]23)cc1. The van der Waals surface area contributed by atoms with Crippen LogP contribution in [-0.4, -0.2) is 37.0 Å². The lowest BCUT2D eigenvalue weighted by molar-refractivity contribution is -0.123. The van der Waals surface area contributed by atoms with Crippen LogP contribution in [0.5, 0.6) is 5.75 Å². The average molecular weight is 351 g/mol. The summed E-state index contributed by atoms with van der Waals surface area (Å²) in [7, 11) is 3.43. The molecule has 134 valence electrons. The smallest absolute Gasteiger partial charge is 0.253 e. The third-order valence-electron chi connectivity index (χ3n) is 5.21. The van der Waals surface area contributed by atoms with Crippen molar-refractivity contribution in [2.45, 2.75) is 19.0 Å². The molecule has 0 saturated carbocycles. The Balaban J connectivity index is 1.69. The van der Waals surface area contributed by atoms with Gasteiger partial charge in [-0.25, -0.2) is 15.3 Å². The monoisotopic (exact) mass is 351 g/mol. The molecule has 1 N–H and O–H groups in total. The van der Waals surface area contributed by atoms with E-state index in [1.807, 2.05) is 62.5 Å². The molecule has 2 heterocycles. The van der Waals surface area contributed by atoms with Gasteiger partial charge in [0, 0.05) is 7.05 Å². The van der Waals surface area contributed by atoms with E-state index in [0.717, 1.165) is 16.9 Å². The fourth-order valence-electron chi connectivity index (χ4n) is 3.83. The summed E-state index contributed by atoms with van der Waals surface area (Å²) in [5, 5.41) is 1.76. The van der Waals surface area contributed by atoms with Crippen LogP contribution < -0.4 is 15.1 Å². The number of aryl methyl sites for hydroxylation is 1. The van der Waals surface area contributed by atoms with Crippen molar-refractivity contribution < 1.29 is 14.3 Å². The number of hydrazine groups is 1. The number of hydrogen-bond acceptors (Lipinski definition) is 5. The molecule has 2 fully saturated rings. The molecule has 0 radical (unpaired) electrons. The van der Waals surface area contributed by atoms with Crippen molar-refractivity contribution in [3.63, 3.8) is 0 Å². The number of anilines is 1. The Morgan fingerprint density at radius 3 is 2.23 bits per heavy atom. The van der Waals surface area contributed by atoms with E-state index in [0.29, 0.717) is 5.69 Å². The summed E-state index contributed by atoms with van der Waals surface area (Å²) >= 11 is 0. The molecule has 2 aliphatic rings. The van der Waals surface area contributed by atoms with Crippen LogP contribution in [0, 0.1) is 12.8 Å². The van der Waals surface area contributed by atoms with E-state index in [9.17, 15) is 9.59 Å². The fraction of sp³-hybridized carbons (Fsp3) is 0.300. The number of carbonyl (C=O) groups is 2. The minimum atomic E-state index is -0.504. The first-order chi connectivity index (χ1) is 12.5. The minimum Gasteiger partial charge on any atom is -0.497 e. The minimum absolute atomic E-state index is 0.165.